The molecule has 1 aromatic rings. The summed E-state index contributed by atoms with van der Waals surface area (Å²) in [7, 11) is 0. The van der Waals surface area contributed by atoms with E-state index >= 15 is 0 Å². The predicted molar refractivity (Wildman–Crippen MR) is 56.3 cm³/mol. The Morgan fingerprint density at radius 1 is 1.33 bits per heavy atom. The van der Waals surface area contributed by atoms with Crippen molar-refractivity contribution in [2.24, 2.45) is 0 Å². The second-order valence-electron chi connectivity index (χ2n) is 3.32. The van der Waals surface area contributed by atoms with E-state index in [0.29, 0.717) is 0 Å². The first-order chi connectivity index (χ1) is 7.27. The van der Waals surface area contributed by atoms with Crippen molar-refractivity contribution in [3.05, 3.63) is 24.5 Å². The number of rotatable bonds is 1. The molecule has 80 valence electrons. The number of hydrogen-bond acceptors (Lipinski definition) is 3. The van der Waals surface area contributed by atoms with Gasteiger partial charge >= 0.3 is 5.37 Å². The van der Waals surface area contributed by atoms with Gasteiger partial charge in [0.1, 0.15) is 0 Å². The van der Waals surface area contributed by atoms with Gasteiger partial charge in [-0.1, -0.05) is 0 Å². The molecule has 2 heterocycles. The molecule has 1 aromatic heterocycles. The average molecular weight is 228 g/mol. The van der Waals surface area contributed by atoms with Gasteiger partial charge in [0, 0.05) is 42.5 Å². The van der Waals surface area contributed by atoms with Crippen LogP contribution >= 0.6 is 11.6 Å². The van der Waals surface area contributed by atoms with Gasteiger partial charge in [-0.25, -0.2) is 4.79 Å². The minimum Gasteiger partial charge on any atom is -0.378 e. The van der Waals surface area contributed by atoms with E-state index in [1.165, 1.54) is 4.57 Å². The Morgan fingerprint density at radius 2 is 1.93 bits per heavy atom. The van der Waals surface area contributed by atoms with Crippen molar-refractivity contribution in [1.82, 2.24) is 0 Å². The van der Waals surface area contributed by atoms with Crippen LogP contribution in [0.15, 0.2) is 24.5 Å². The first-order valence-corrected chi connectivity index (χ1v) is 5.19. The van der Waals surface area contributed by atoms with Crippen LogP contribution in [0.2, 0.25) is 0 Å². The van der Waals surface area contributed by atoms with Crippen LogP contribution in [0.4, 0.5) is 10.5 Å². The minimum absolute atomic E-state index is 0.497. The Kier molecular flexibility index (Phi) is 3.18. The number of carbonyl (C=O) groups is 1. The lowest BCUT2D eigenvalue weighted by atomic mass is 10.3. The third kappa shape index (κ3) is 2.46. The number of halogens is 1. The van der Waals surface area contributed by atoms with E-state index in [4.69, 9.17) is 16.3 Å². The molecule has 0 atom stereocenters. The van der Waals surface area contributed by atoms with Crippen LogP contribution in [0.25, 0.3) is 0 Å². The molecular weight excluding hydrogens is 216 g/mol. The molecule has 0 aromatic carbocycles. The lowest BCUT2D eigenvalue weighted by molar-refractivity contribution is -0.562. The van der Waals surface area contributed by atoms with Crippen molar-refractivity contribution in [2.75, 3.05) is 31.2 Å². The zero-order valence-corrected chi connectivity index (χ0v) is 8.98. The van der Waals surface area contributed by atoms with Gasteiger partial charge in [-0.3, -0.25) is 0 Å². The first kappa shape index (κ1) is 10.4. The molecule has 0 unspecified atom stereocenters. The summed E-state index contributed by atoms with van der Waals surface area (Å²) < 4.78 is 6.60. The molecule has 0 N–H and O–H groups in total. The zero-order valence-electron chi connectivity index (χ0n) is 8.23. The Bertz CT molecular complexity index is 347. The van der Waals surface area contributed by atoms with E-state index in [9.17, 15) is 4.79 Å². The topological polar surface area (TPSA) is 33.4 Å². The molecule has 1 fully saturated rings. The Morgan fingerprint density at radius 3 is 2.47 bits per heavy atom. The Labute approximate surface area is 93.0 Å². The van der Waals surface area contributed by atoms with E-state index in [0.717, 1.165) is 32.0 Å². The fraction of sp³-hybridized carbons (Fsp3) is 0.400. The molecule has 0 spiro atoms. The normalized spacial score (nSPS) is 16.5. The third-order valence-electron chi connectivity index (χ3n) is 2.39. The van der Waals surface area contributed by atoms with Crippen LogP contribution in [-0.2, 0) is 4.74 Å². The van der Waals surface area contributed by atoms with Crippen molar-refractivity contribution in [3.63, 3.8) is 0 Å². The molecule has 0 bridgehead atoms. The van der Waals surface area contributed by atoms with Gasteiger partial charge in [0.05, 0.1) is 13.2 Å². The fourth-order valence-corrected chi connectivity index (χ4v) is 1.68. The summed E-state index contributed by atoms with van der Waals surface area (Å²) in [4.78, 5) is 13.0. The van der Waals surface area contributed by atoms with E-state index in [1.807, 2.05) is 12.1 Å². The maximum Gasteiger partial charge on any atom is 0.491 e. The number of hydrogen-bond donors (Lipinski definition) is 0. The molecule has 4 nitrogen and oxygen atoms in total. The maximum absolute atomic E-state index is 10.8. The molecule has 1 aliphatic heterocycles. The summed E-state index contributed by atoms with van der Waals surface area (Å²) in [5.74, 6) is 0. The third-order valence-corrected chi connectivity index (χ3v) is 2.59. The summed E-state index contributed by atoms with van der Waals surface area (Å²) in [5, 5.41) is -0.497. The van der Waals surface area contributed by atoms with Gasteiger partial charge in [-0.15, -0.1) is 4.57 Å². The molecule has 5 heteroatoms. The van der Waals surface area contributed by atoms with Crippen LogP contribution in [0.1, 0.15) is 0 Å². The van der Waals surface area contributed by atoms with Crippen molar-refractivity contribution < 1.29 is 14.1 Å². The highest BCUT2D eigenvalue weighted by atomic mass is 35.5. The number of anilines is 1. The van der Waals surface area contributed by atoms with Crippen molar-refractivity contribution in [1.29, 1.82) is 0 Å². The summed E-state index contributed by atoms with van der Waals surface area (Å²) in [5.41, 5.74) is 1.09. The van der Waals surface area contributed by atoms with E-state index in [1.54, 1.807) is 12.4 Å². The van der Waals surface area contributed by atoms with Gasteiger partial charge in [0.2, 0.25) is 0 Å². The second kappa shape index (κ2) is 4.59. The molecule has 0 saturated carbocycles. The zero-order chi connectivity index (χ0) is 10.7. The van der Waals surface area contributed by atoms with Crippen LogP contribution in [-0.4, -0.2) is 31.7 Å². The van der Waals surface area contributed by atoms with Crippen LogP contribution < -0.4 is 9.47 Å². The Hall–Kier alpha value is -1.13. The molecule has 15 heavy (non-hydrogen) atoms. The summed E-state index contributed by atoms with van der Waals surface area (Å²) >= 11 is 5.33. The highest BCUT2D eigenvalue weighted by molar-refractivity contribution is 6.60. The van der Waals surface area contributed by atoms with E-state index in [-0.39, 0.29) is 0 Å². The van der Waals surface area contributed by atoms with E-state index in [2.05, 4.69) is 4.90 Å². The van der Waals surface area contributed by atoms with Crippen LogP contribution in [0, 0.1) is 0 Å². The minimum atomic E-state index is -0.497. The quantitative estimate of drug-likeness (QED) is 0.531. The second-order valence-corrected chi connectivity index (χ2v) is 3.64. The predicted octanol–water partition coefficient (Wildman–Crippen LogP) is 1.02. The first-order valence-electron chi connectivity index (χ1n) is 4.81. The van der Waals surface area contributed by atoms with Gasteiger partial charge in [0.15, 0.2) is 12.4 Å². The Balaban J connectivity index is 2.11. The number of ether oxygens (including phenoxy) is 1. The number of carbonyl (C=O) groups excluding carboxylic acids is 1. The van der Waals surface area contributed by atoms with Gasteiger partial charge in [-0.2, -0.15) is 0 Å². The molecule has 2 rings (SSSR count). The molecule has 0 amide bonds. The highest BCUT2D eigenvalue weighted by Gasteiger charge is 2.14. The summed E-state index contributed by atoms with van der Waals surface area (Å²) in [6.45, 7) is 3.28. The van der Waals surface area contributed by atoms with Crippen LogP contribution in [0.5, 0.6) is 0 Å². The monoisotopic (exact) mass is 227 g/mol. The summed E-state index contributed by atoms with van der Waals surface area (Å²) in [6, 6.07) is 3.76. The number of aromatic nitrogens is 1. The maximum atomic E-state index is 10.8. The summed E-state index contributed by atoms with van der Waals surface area (Å²) in [6.07, 6.45) is 3.33. The largest absolute Gasteiger partial charge is 0.491 e. The fourth-order valence-electron chi connectivity index (χ4n) is 1.57. The lowest BCUT2D eigenvalue weighted by Gasteiger charge is -2.28. The molecule has 0 aliphatic carbocycles. The standard InChI is InChI=1S/C10H12ClN2O2/c11-10(14)13-3-1-9(2-4-13)12-5-7-15-8-6-12/h1-4H,5-8H2/q+1. The lowest BCUT2D eigenvalue weighted by Crippen LogP contribution is -2.39. The van der Waals surface area contributed by atoms with Crippen molar-refractivity contribution in [3.8, 4) is 0 Å². The number of pyridine rings is 1. The van der Waals surface area contributed by atoms with Crippen molar-refractivity contribution in [2.45, 2.75) is 0 Å². The highest BCUT2D eigenvalue weighted by Crippen LogP contribution is 2.12. The molecule has 1 saturated heterocycles. The molecular formula is C10H12ClN2O2+. The molecule has 1 aliphatic rings. The van der Waals surface area contributed by atoms with Gasteiger partial charge in [-0.05, 0) is 0 Å². The average Bonchev–Trinajstić information content (AvgIpc) is 2.30. The molecule has 0 radical (unpaired) electrons. The van der Waals surface area contributed by atoms with Gasteiger partial charge < -0.3 is 9.64 Å². The SMILES string of the molecule is O=C(Cl)[n+]1ccc(N2CCOCC2)cc1. The smallest absolute Gasteiger partial charge is 0.378 e. The van der Waals surface area contributed by atoms with E-state index < -0.39 is 5.37 Å². The van der Waals surface area contributed by atoms with Crippen LogP contribution in [0.3, 0.4) is 0 Å². The van der Waals surface area contributed by atoms with Gasteiger partial charge in [0.25, 0.3) is 0 Å². The van der Waals surface area contributed by atoms with Crippen molar-refractivity contribution >= 4 is 22.7 Å². The number of morpholine rings is 1. The number of nitrogens with zero attached hydrogens (tertiary/aromatic N) is 2.